The van der Waals surface area contributed by atoms with Gasteiger partial charge in [0.05, 0.1) is 15.9 Å². The lowest BCUT2D eigenvalue weighted by Gasteiger charge is -2.22. The molecule has 0 saturated carbocycles. The lowest BCUT2D eigenvalue weighted by atomic mass is 9.82. The minimum Gasteiger partial charge on any atom is -0.748 e. The summed E-state index contributed by atoms with van der Waals surface area (Å²) in [4.78, 5) is 0. The van der Waals surface area contributed by atoms with Crippen LogP contribution in [0.1, 0.15) is 41.0 Å². The number of hydrogen-bond donors (Lipinski definition) is 0. The summed E-state index contributed by atoms with van der Waals surface area (Å²) < 4.78 is 32.6. The molecule has 0 aromatic heterocycles. The first kappa shape index (κ1) is 16.9. The van der Waals surface area contributed by atoms with Gasteiger partial charge in [0.15, 0.2) is 0 Å². The van der Waals surface area contributed by atoms with E-state index in [9.17, 15) is 13.0 Å². The smallest absolute Gasteiger partial charge is 0.0988 e. The van der Waals surface area contributed by atoms with Crippen molar-refractivity contribution in [1.29, 1.82) is 0 Å². The molecule has 126 valence electrons. The molecule has 4 heteroatoms. The van der Waals surface area contributed by atoms with E-state index >= 15 is 0 Å². The minimum atomic E-state index is -4.23. The Morgan fingerprint density at radius 2 is 1.33 bits per heavy atom. The Balaban J connectivity index is 1.77. The van der Waals surface area contributed by atoms with Crippen LogP contribution in [-0.2, 0) is 15.9 Å². The van der Waals surface area contributed by atoms with Crippen molar-refractivity contribution in [2.75, 3.05) is 0 Å². The van der Waals surface area contributed by atoms with Gasteiger partial charge in [0.1, 0.15) is 0 Å². The molecule has 0 saturated heterocycles. The second-order valence-electron chi connectivity index (χ2n) is 6.65. The molecule has 0 heterocycles. The molecular formula is C20H21O3S-. The molecule has 3 unspecified atom stereocenters. The summed E-state index contributed by atoms with van der Waals surface area (Å²) in [6.45, 7) is 4.33. The Hall–Kier alpha value is -1.91. The molecule has 3 nitrogen and oxygen atoms in total. The number of rotatable bonds is 4. The zero-order valence-corrected chi connectivity index (χ0v) is 14.7. The molecular weight excluding hydrogens is 320 g/mol. The highest BCUT2D eigenvalue weighted by atomic mass is 32.2. The van der Waals surface area contributed by atoms with Crippen LogP contribution in [0.2, 0.25) is 0 Å². The highest BCUT2D eigenvalue weighted by molar-refractivity contribution is 7.84. The zero-order chi connectivity index (χ0) is 17.3. The molecule has 2 aromatic rings. The van der Waals surface area contributed by atoms with Crippen molar-refractivity contribution in [2.24, 2.45) is 5.92 Å². The third-order valence-corrected chi connectivity index (χ3v) is 5.52. The van der Waals surface area contributed by atoms with E-state index < -0.39 is 15.9 Å². The van der Waals surface area contributed by atoms with Gasteiger partial charge in [0.2, 0.25) is 0 Å². The lowest BCUT2D eigenvalue weighted by molar-refractivity contribution is 0.462. The molecule has 1 aliphatic carbocycles. The van der Waals surface area contributed by atoms with Crippen LogP contribution >= 0.6 is 0 Å². The summed E-state index contributed by atoms with van der Waals surface area (Å²) >= 11 is 0. The predicted molar refractivity (Wildman–Crippen MR) is 94.8 cm³/mol. The monoisotopic (exact) mass is 341 g/mol. The first-order valence-corrected chi connectivity index (χ1v) is 9.68. The largest absolute Gasteiger partial charge is 0.748 e. The number of hydrogen-bond acceptors (Lipinski definition) is 3. The molecule has 0 aliphatic heterocycles. The minimum absolute atomic E-state index is 0.300. The van der Waals surface area contributed by atoms with E-state index in [1.807, 2.05) is 12.1 Å². The van der Waals surface area contributed by atoms with Gasteiger partial charge in [-0.3, -0.25) is 0 Å². The average Bonchev–Trinajstić information content (AvgIpc) is 2.89. The highest BCUT2D eigenvalue weighted by Gasteiger charge is 2.29. The van der Waals surface area contributed by atoms with E-state index in [0.717, 1.165) is 5.56 Å². The summed E-state index contributed by atoms with van der Waals surface area (Å²) in [6.07, 6.45) is 4.49. The first-order chi connectivity index (χ1) is 11.3. The van der Waals surface area contributed by atoms with Crippen LogP contribution in [0.4, 0.5) is 0 Å². The van der Waals surface area contributed by atoms with Crippen LogP contribution in [0.25, 0.3) is 0 Å². The van der Waals surface area contributed by atoms with Crippen LogP contribution in [0, 0.1) is 12.8 Å². The molecule has 2 aromatic carbocycles. The number of allylic oxidation sites excluding steroid dienone is 2. The maximum Gasteiger partial charge on any atom is 0.0988 e. The number of benzene rings is 2. The molecule has 0 amide bonds. The highest BCUT2D eigenvalue weighted by Crippen LogP contribution is 2.43. The summed E-state index contributed by atoms with van der Waals surface area (Å²) in [6, 6.07) is 16.0. The topological polar surface area (TPSA) is 57.2 Å². The second kappa shape index (κ2) is 6.54. The normalized spacial score (nSPS) is 23.5. The van der Waals surface area contributed by atoms with Crippen LogP contribution < -0.4 is 0 Å². The molecule has 1 aliphatic rings. The van der Waals surface area contributed by atoms with Crippen LogP contribution in [0.15, 0.2) is 60.7 Å². The molecule has 24 heavy (non-hydrogen) atoms. The van der Waals surface area contributed by atoms with Crippen LogP contribution in [-0.4, -0.2) is 13.0 Å². The zero-order valence-electron chi connectivity index (χ0n) is 13.8. The predicted octanol–water partition coefficient (Wildman–Crippen LogP) is 4.11. The van der Waals surface area contributed by atoms with E-state index in [1.165, 1.54) is 11.1 Å². The number of aryl methyl sites for hydroxylation is 1. The molecule has 0 bridgehead atoms. The third-order valence-electron chi connectivity index (χ3n) is 4.83. The van der Waals surface area contributed by atoms with Crippen molar-refractivity contribution in [1.82, 2.24) is 0 Å². The molecule has 0 N–H and O–H groups in total. The van der Waals surface area contributed by atoms with Gasteiger partial charge in [-0.1, -0.05) is 73.2 Å². The van der Waals surface area contributed by atoms with Gasteiger partial charge < -0.3 is 4.55 Å². The van der Waals surface area contributed by atoms with Crippen LogP contribution in [0.3, 0.4) is 0 Å². The SMILES string of the molecule is Cc1ccc(C2C=CC(c3ccc(CS(=O)(=O)[O-])cc3)C2C)cc1. The Labute approximate surface area is 143 Å². The van der Waals surface area contributed by atoms with Crippen LogP contribution in [0.5, 0.6) is 0 Å². The van der Waals surface area contributed by atoms with Gasteiger partial charge in [0.25, 0.3) is 0 Å². The van der Waals surface area contributed by atoms with Gasteiger partial charge in [-0.05, 0) is 29.5 Å². The van der Waals surface area contributed by atoms with Gasteiger partial charge in [-0.25, -0.2) is 8.42 Å². The van der Waals surface area contributed by atoms with Crippen molar-refractivity contribution < 1.29 is 13.0 Å². The van der Waals surface area contributed by atoms with Gasteiger partial charge >= 0.3 is 0 Å². The first-order valence-electron chi connectivity index (χ1n) is 8.11. The van der Waals surface area contributed by atoms with Gasteiger partial charge in [0, 0.05) is 11.8 Å². The fourth-order valence-corrected chi connectivity index (χ4v) is 4.07. The van der Waals surface area contributed by atoms with E-state index in [1.54, 1.807) is 12.1 Å². The van der Waals surface area contributed by atoms with Crippen molar-refractivity contribution in [3.63, 3.8) is 0 Å². The fourth-order valence-electron chi connectivity index (χ4n) is 3.47. The molecule has 3 atom stereocenters. The maximum absolute atomic E-state index is 10.9. The molecule has 0 fully saturated rings. The quantitative estimate of drug-likeness (QED) is 0.621. The third kappa shape index (κ3) is 3.77. The van der Waals surface area contributed by atoms with Gasteiger partial charge in [-0.2, -0.15) is 0 Å². The Morgan fingerprint density at radius 1 is 0.875 bits per heavy atom. The molecule has 3 rings (SSSR count). The Kier molecular flexibility index (Phi) is 4.61. The standard InChI is InChI=1S/C20H22O3S/c1-14-3-7-17(8-4-14)19-11-12-20(15(19)2)18-9-5-16(6-10-18)13-24(21,22)23/h3-12,15,19-20H,13H2,1-2H3,(H,21,22,23)/p-1. The molecule has 0 spiro atoms. The summed E-state index contributed by atoms with van der Waals surface area (Å²) in [5, 5.41) is 0. The average molecular weight is 341 g/mol. The lowest BCUT2D eigenvalue weighted by Crippen LogP contribution is -2.10. The van der Waals surface area contributed by atoms with E-state index in [0.29, 0.717) is 23.3 Å². The van der Waals surface area contributed by atoms with Crippen molar-refractivity contribution in [2.45, 2.75) is 31.4 Å². The van der Waals surface area contributed by atoms with Crippen molar-refractivity contribution in [3.8, 4) is 0 Å². The van der Waals surface area contributed by atoms with E-state index in [-0.39, 0.29) is 0 Å². The summed E-state index contributed by atoms with van der Waals surface area (Å²) in [7, 11) is -4.23. The van der Waals surface area contributed by atoms with Gasteiger partial charge in [-0.15, -0.1) is 0 Å². The maximum atomic E-state index is 10.9. The second-order valence-corrected chi connectivity index (χ2v) is 8.05. The Bertz CT molecular complexity index is 833. The Morgan fingerprint density at radius 3 is 1.79 bits per heavy atom. The fraction of sp³-hybridized carbons (Fsp3) is 0.300. The summed E-state index contributed by atoms with van der Waals surface area (Å²) in [5.74, 6) is 0.670. The van der Waals surface area contributed by atoms with Crippen molar-refractivity contribution >= 4 is 10.1 Å². The summed E-state index contributed by atoms with van der Waals surface area (Å²) in [5.41, 5.74) is 4.27. The van der Waals surface area contributed by atoms with E-state index in [2.05, 4.69) is 50.3 Å². The van der Waals surface area contributed by atoms with E-state index in [4.69, 9.17) is 0 Å². The van der Waals surface area contributed by atoms with Crippen molar-refractivity contribution in [3.05, 3.63) is 82.9 Å². The molecule has 0 radical (unpaired) electrons.